The molecule has 0 saturated carbocycles. The van der Waals surface area contributed by atoms with Gasteiger partial charge in [-0.05, 0) is 31.0 Å². The standard InChI is InChI=1S/C17H12F3N5O2/c18-17(19,20)10-6-11(13-2-1-5-26-13)23-15-9(10)3-4-14-22-12(7-25(14)15)16-24-21-8-27-16/h3-4,6-8,13H,1-2,5H2. The van der Waals surface area contributed by atoms with Gasteiger partial charge in [0.25, 0.3) is 5.89 Å². The second-order valence-corrected chi connectivity index (χ2v) is 6.26. The fourth-order valence-corrected chi connectivity index (χ4v) is 3.35. The number of rotatable bonds is 2. The van der Waals surface area contributed by atoms with E-state index in [1.165, 1.54) is 22.7 Å². The number of pyridine rings is 2. The summed E-state index contributed by atoms with van der Waals surface area (Å²) >= 11 is 0. The zero-order valence-corrected chi connectivity index (χ0v) is 13.8. The minimum atomic E-state index is -4.52. The van der Waals surface area contributed by atoms with Crippen LogP contribution >= 0.6 is 0 Å². The molecule has 0 aromatic carbocycles. The summed E-state index contributed by atoms with van der Waals surface area (Å²) in [6.07, 6.45) is -0.821. The third kappa shape index (κ3) is 2.64. The second kappa shape index (κ2) is 5.74. The molecule has 1 unspecified atom stereocenters. The van der Waals surface area contributed by atoms with E-state index in [1.54, 1.807) is 0 Å². The average Bonchev–Trinajstić information content (AvgIpc) is 3.40. The Morgan fingerprint density at radius 1 is 1.19 bits per heavy atom. The van der Waals surface area contributed by atoms with Gasteiger partial charge in [-0.25, -0.2) is 9.97 Å². The summed E-state index contributed by atoms with van der Waals surface area (Å²) < 4.78 is 53.2. The minimum Gasteiger partial charge on any atom is -0.422 e. The smallest absolute Gasteiger partial charge is 0.417 e. The molecular weight excluding hydrogens is 363 g/mol. The lowest BCUT2D eigenvalue weighted by atomic mass is 10.1. The lowest BCUT2D eigenvalue weighted by Crippen LogP contribution is -2.11. The second-order valence-electron chi connectivity index (χ2n) is 6.26. The first kappa shape index (κ1) is 16.2. The lowest BCUT2D eigenvalue weighted by molar-refractivity contribution is -0.136. The number of hydrogen-bond donors (Lipinski definition) is 0. The summed E-state index contributed by atoms with van der Waals surface area (Å²) in [7, 11) is 0. The maximum Gasteiger partial charge on any atom is 0.417 e. The molecular formula is C17H12F3N5O2. The molecule has 5 heterocycles. The molecule has 0 spiro atoms. The van der Waals surface area contributed by atoms with Gasteiger partial charge in [0, 0.05) is 18.2 Å². The monoisotopic (exact) mass is 375 g/mol. The molecule has 27 heavy (non-hydrogen) atoms. The third-order valence-corrected chi connectivity index (χ3v) is 4.56. The van der Waals surface area contributed by atoms with Gasteiger partial charge in [0.15, 0.2) is 0 Å². The van der Waals surface area contributed by atoms with Crippen molar-refractivity contribution in [3.8, 4) is 11.6 Å². The third-order valence-electron chi connectivity index (χ3n) is 4.56. The Bertz CT molecular complexity index is 1130. The zero-order valence-electron chi connectivity index (χ0n) is 13.8. The minimum absolute atomic E-state index is 0.00812. The van der Waals surface area contributed by atoms with E-state index in [-0.39, 0.29) is 22.6 Å². The summed E-state index contributed by atoms with van der Waals surface area (Å²) in [5.74, 6) is 0.179. The first-order valence-corrected chi connectivity index (χ1v) is 8.29. The van der Waals surface area contributed by atoms with Gasteiger partial charge in [0.2, 0.25) is 6.39 Å². The fraction of sp³-hybridized carbons (Fsp3) is 0.294. The predicted octanol–water partition coefficient (Wildman–Crippen LogP) is 3.80. The van der Waals surface area contributed by atoms with Crippen molar-refractivity contribution in [1.82, 2.24) is 24.6 Å². The highest BCUT2D eigenvalue weighted by Crippen LogP contribution is 2.38. The van der Waals surface area contributed by atoms with Gasteiger partial charge in [-0.15, -0.1) is 10.2 Å². The van der Waals surface area contributed by atoms with Crippen LogP contribution in [0.1, 0.15) is 30.2 Å². The Hall–Kier alpha value is -3.01. The van der Waals surface area contributed by atoms with E-state index < -0.39 is 17.8 Å². The molecule has 0 amide bonds. The van der Waals surface area contributed by atoms with Crippen molar-refractivity contribution in [2.45, 2.75) is 25.1 Å². The number of imidazole rings is 1. The Balaban J connectivity index is 1.80. The van der Waals surface area contributed by atoms with Gasteiger partial charge < -0.3 is 9.15 Å². The summed E-state index contributed by atoms with van der Waals surface area (Å²) in [6.45, 7) is 0.516. The molecule has 1 fully saturated rings. The van der Waals surface area contributed by atoms with Crippen molar-refractivity contribution in [2.75, 3.05) is 6.61 Å². The van der Waals surface area contributed by atoms with Crippen LogP contribution in [-0.2, 0) is 10.9 Å². The van der Waals surface area contributed by atoms with Gasteiger partial charge >= 0.3 is 6.18 Å². The number of fused-ring (bicyclic) bond motifs is 3. The molecule has 0 radical (unpaired) electrons. The summed E-state index contributed by atoms with van der Waals surface area (Å²) in [5, 5.41) is 7.38. The molecule has 4 aromatic rings. The van der Waals surface area contributed by atoms with E-state index in [9.17, 15) is 13.2 Å². The summed E-state index contributed by atoms with van der Waals surface area (Å²) in [5.41, 5.74) is 0.477. The van der Waals surface area contributed by atoms with Crippen molar-refractivity contribution in [3.05, 3.63) is 42.0 Å². The first-order valence-electron chi connectivity index (χ1n) is 8.29. The van der Waals surface area contributed by atoms with Crippen LogP contribution in [0.25, 0.3) is 28.3 Å². The Kier molecular flexibility index (Phi) is 3.44. The topological polar surface area (TPSA) is 78.3 Å². The van der Waals surface area contributed by atoms with Crippen LogP contribution in [0.4, 0.5) is 13.2 Å². The molecule has 10 heteroatoms. The molecule has 0 aliphatic carbocycles. The van der Waals surface area contributed by atoms with Crippen molar-refractivity contribution in [2.24, 2.45) is 0 Å². The van der Waals surface area contributed by atoms with Crippen molar-refractivity contribution < 1.29 is 22.3 Å². The van der Waals surface area contributed by atoms with E-state index in [0.29, 0.717) is 24.4 Å². The predicted molar refractivity (Wildman–Crippen MR) is 86.7 cm³/mol. The number of alkyl halides is 3. The van der Waals surface area contributed by atoms with E-state index >= 15 is 0 Å². The van der Waals surface area contributed by atoms with Crippen LogP contribution < -0.4 is 0 Å². The van der Waals surface area contributed by atoms with E-state index in [1.807, 2.05) is 0 Å². The van der Waals surface area contributed by atoms with Crippen molar-refractivity contribution >= 4 is 16.7 Å². The highest BCUT2D eigenvalue weighted by Gasteiger charge is 2.35. The normalized spacial score (nSPS) is 18.0. The Labute approximate surface area is 149 Å². The van der Waals surface area contributed by atoms with Gasteiger partial charge in [0.05, 0.1) is 17.4 Å². The molecule has 0 bridgehead atoms. The molecule has 1 atom stereocenters. The van der Waals surface area contributed by atoms with E-state index in [2.05, 4.69) is 20.2 Å². The highest BCUT2D eigenvalue weighted by molar-refractivity contribution is 5.83. The Morgan fingerprint density at radius 2 is 2.07 bits per heavy atom. The van der Waals surface area contributed by atoms with Crippen LogP contribution in [-0.4, -0.2) is 31.2 Å². The number of nitrogens with zero attached hydrogens (tertiary/aromatic N) is 5. The molecule has 1 aliphatic heterocycles. The quantitative estimate of drug-likeness (QED) is 0.530. The van der Waals surface area contributed by atoms with E-state index in [4.69, 9.17) is 9.15 Å². The van der Waals surface area contributed by atoms with Crippen LogP contribution in [0.5, 0.6) is 0 Å². The maximum absolute atomic E-state index is 13.7. The fourth-order valence-electron chi connectivity index (χ4n) is 3.35. The molecule has 5 rings (SSSR count). The SMILES string of the molecule is FC(F)(F)c1cc(C2CCCO2)nc2c1ccc1nc(-c3nnco3)cn12. The molecule has 138 valence electrons. The van der Waals surface area contributed by atoms with Crippen molar-refractivity contribution in [1.29, 1.82) is 0 Å². The van der Waals surface area contributed by atoms with E-state index in [0.717, 1.165) is 18.9 Å². The van der Waals surface area contributed by atoms with Gasteiger partial charge in [-0.2, -0.15) is 13.2 Å². The van der Waals surface area contributed by atoms with Crippen LogP contribution in [0.15, 0.2) is 35.2 Å². The molecule has 7 nitrogen and oxygen atoms in total. The molecule has 0 N–H and O–H groups in total. The number of halogens is 3. The number of ether oxygens (including phenoxy) is 1. The lowest BCUT2D eigenvalue weighted by Gasteiger charge is -2.16. The zero-order chi connectivity index (χ0) is 18.6. The van der Waals surface area contributed by atoms with Gasteiger partial charge in [0.1, 0.15) is 17.0 Å². The number of aromatic nitrogens is 5. The summed E-state index contributed by atoms with van der Waals surface area (Å²) in [4.78, 5) is 8.82. The molecule has 1 aliphatic rings. The largest absolute Gasteiger partial charge is 0.422 e. The van der Waals surface area contributed by atoms with Gasteiger partial charge in [-0.1, -0.05) is 0 Å². The molecule has 1 saturated heterocycles. The first-order chi connectivity index (χ1) is 13.0. The highest BCUT2D eigenvalue weighted by atomic mass is 19.4. The van der Waals surface area contributed by atoms with Crippen molar-refractivity contribution in [3.63, 3.8) is 0 Å². The summed E-state index contributed by atoms with van der Waals surface area (Å²) in [6, 6.07) is 3.97. The van der Waals surface area contributed by atoms with Gasteiger partial charge in [-0.3, -0.25) is 4.40 Å². The Morgan fingerprint density at radius 3 is 2.78 bits per heavy atom. The number of hydrogen-bond acceptors (Lipinski definition) is 6. The van der Waals surface area contributed by atoms with Crippen LogP contribution in [0.3, 0.4) is 0 Å². The van der Waals surface area contributed by atoms with Crippen LogP contribution in [0.2, 0.25) is 0 Å². The average molecular weight is 375 g/mol. The maximum atomic E-state index is 13.7. The molecule has 4 aromatic heterocycles. The van der Waals surface area contributed by atoms with Crippen LogP contribution in [0, 0.1) is 0 Å².